The Hall–Kier alpha value is -0.360. The molecule has 1 N–H and O–H groups in total. The summed E-state index contributed by atoms with van der Waals surface area (Å²) in [6.45, 7) is 2.89. The molecule has 1 aromatic carbocycles. The number of nitrogens with one attached hydrogen (secondary N) is 1. The fourth-order valence-corrected chi connectivity index (χ4v) is 3.27. The highest BCUT2D eigenvalue weighted by molar-refractivity contribution is 9.10. The van der Waals surface area contributed by atoms with Gasteiger partial charge in [0.2, 0.25) is 0 Å². The third-order valence-electron chi connectivity index (χ3n) is 2.96. The molecule has 0 bridgehead atoms. The SMILES string of the molecule is CCn1ncc(Br)c1C(NC)c1cc(Cl)ccc1Br. The smallest absolute Gasteiger partial charge is 0.0768 e. The van der Waals surface area contributed by atoms with E-state index in [-0.39, 0.29) is 6.04 Å². The van der Waals surface area contributed by atoms with Crippen LogP contribution in [0.3, 0.4) is 0 Å². The molecule has 3 nitrogen and oxygen atoms in total. The van der Waals surface area contributed by atoms with Gasteiger partial charge in [-0.3, -0.25) is 4.68 Å². The number of benzene rings is 1. The molecule has 1 aromatic heterocycles. The van der Waals surface area contributed by atoms with Crippen LogP contribution in [0.1, 0.15) is 24.2 Å². The zero-order valence-electron chi connectivity index (χ0n) is 10.6. The van der Waals surface area contributed by atoms with Crippen LogP contribution >= 0.6 is 43.5 Å². The Morgan fingerprint density at radius 3 is 2.74 bits per heavy atom. The van der Waals surface area contributed by atoms with Crippen LogP contribution in [-0.2, 0) is 6.54 Å². The van der Waals surface area contributed by atoms with E-state index >= 15 is 0 Å². The summed E-state index contributed by atoms with van der Waals surface area (Å²) in [6.07, 6.45) is 1.82. The van der Waals surface area contributed by atoms with E-state index in [1.165, 1.54) is 0 Å². The highest BCUT2D eigenvalue weighted by Crippen LogP contribution is 2.33. The van der Waals surface area contributed by atoms with Crippen molar-refractivity contribution in [3.05, 3.63) is 49.6 Å². The van der Waals surface area contributed by atoms with Crippen LogP contribution in [0.4, 0.5) is 0 Å². The largest absolute Gasteiger partial charge is 0.308 e. The first kappa shape index (κ1) is 15.0. The quantitative estimate of drug-likeness (QED) is 0.815. The fraction of sp³-hybridized carbons (Fsp3) is 0.308. The van der Waals surface area contributed by atoms with E-state index in [0.29, 0.717) is 0 Å². The van der Waals surface area contributed by atoms with Crippen molar-refractivity contribution < 1.29 is 0 Å². The average molecular weight is 408 g/mol. The Morgan fingerprint density at radius 1 is 1.37 bits per heavy atom. The van der Waals surface area contributed by atoms with Crippen LogP contribution in [0.5, 0.6) is 0 Å². The normalized spacial score (nSPS) is 12.7. The van der Waals surface area contributed by atoms with Crippen LogP contribution in [0.15, 0.2) is 33.3 Å². The van der Waals surface area contributed by atoms with Gasteiger partial charge in [0, 0.05) is 16.0 Å². The van der Waals surface area contributed by atoms with Gasteiger partial charge in [-0.15, -0.1) is 0 Å². The lowest BCUT2D eigenvalue weighted by Crippen LogP contribution is -2.22. The number of rotatable bonds is 4. The molecule has 0 saturated heterocycles. The van der Waals surface area contributed by atoms with Crippen molar-refractivity contribution in [2.24, 2.45) is 0 Å². The van der Waals surface area contributed by atoms with Gasteiger partial charge in [0.05, 0.1) is 22.4 Å². The Morgan fingerprint density at radius 2 is 2.11 bits per heavy atom. The van der Waals surface area contributed by atoms with Gasteiger partial charge < -0.3 is 5.32 Å². The molecule has 6 heteroatoms. The lowest BCUT2D eigenvalue weighted by atomic mass is 10.0. The van der Waals surface area contributed by atoms with E-state index in [0.717, 1.165) is 31.8 Å². The van der Waals surface area contributed by atoms with Gasteiger partial charge in [0.25, 0.3) is 0 Å². The summed E-state index contributed by atoms with van der Waals surface area (Å²) in [6, 6.07) is 5.81. The van der Waals surface area contributed by atoms with Crippen LogP contribution in [-0.4, -0.2) is 16.8 Å². The first-order valence-electron chi connectivity index (χ1n) is 5.91. The van der Waals surface area contributed by atoms with Gasteiger partial charge in [-0.05, 0) is 53.7 Å². The highest BCUT2D eigenvalue weighted by atomic mass is 79.9. The molecule has 0 spiro atoms. The molecular weight excluding hydrogens is 393 g/mol. The second-order valence-corrected chi connectivity index (χ2v) is 6.23. The molecule has 1 unspecified atom stereocenters. The molecular formula is C13H14Br2ClN3. The maximum Gasteiger partial charge on any atom is 0.0768 e. The molecule has 0 aliphatic carbocycles. The Labute approximate surface area is 134 Å². The molecule has 0 aliphatic heterocycles. The highest BCUT2D eigenvalue weighted by Gasteiger charge is 2.22. The second kappa shape index (κ2) is 6.39. The lowest BCUT2D eigenvalue weighted by molar-refractivity contribution is 0.560. The van der Waals surface area contributed by atoms with E-state index in [1.54, 1.807) is 0 Å². The van der Waals surface area contributed by atoms with Crippen molar-refractivity contribution in [2.45, 2.75) is 19.5 Å². The van der Waals surface area contributed by atoms with Gasteiger partial charge in [0.1, 0.15) is 0 Å². The second-order valence-electron chi connectivity index (χ2n) is 4.08. The summed E-state index contributed by atoms with van der Waals surface area (Å²) in [7, 11) is 1.93. The molecule has 2 aromatic rings. The Kier molecular flexibility index (Phi) is 5.06. The molecule has 0 amide bonds. The number of halogens is 3. The Bertz CT molecular complexity index is 583. The standard InChI is InChI=1S/C13H14Br2ClN3/c1-3-19-13(11(15)7-18-19)12(17-2)9-6-8(16)4-5-10(9)14/h4-7,12,17H,3H2,1-2H3. The van der Waals surface area contributed by atoms with Gasteiger partial charge in [-0.25, -0.2) is 0 Å². The van der Waals surface area contributed by atoms with Crippen molar-refractivity contribution in [2.75, 3.05) is 7.05 Å². The monoisotopic (exact) mass is 405 g/mol. The summed E-state index contributed by atoms with van der Waals surface area (Å²) in [4.78, 5) is 0. The van der Waals surface area contributed by atoms with Gasteiger partial charge in [-0.2, -0.15) is 5.10 Å². The predicted octanol–water partition coefficient (Wildman–Crippen LogP) is 4.39. The van der Waals surface area contributed by atoms with Gasteiger partial charge in [-0.1, -0.05) is 27.5 Å². The van der Waals surface area contributed by atoms with Crippen molar-refractivity contribution in [3.63, 3.8) is 0 Å². The zero-order valence-corrected chi connectivity index (χ0v) is 14.6. The summed E-state index contributed by atoms with van der Waals surface area (Å²) in [5.74, 6) is 0. The molecule has 0 radical (unpaired) electrons. The van der Waals surface area contributed by atoms with E-state index in [4.69, 9.17) is 11.6 Å². The van der Waals surface area contributed by atoms with Crippen LogP contribution in [0.2, 0.25) is 5.02 Å². The first-order chi connectivity index (χ1) is 9.08. The van der Waals surface area contributed by atoms with Crippen molar-refractivity contribution in [3.8, 4) is 0 Å². The molecule has 1 atom stereocenters. The number of aromatic nitrogens is 2. The molecule has 102 valence electrons. The molecule has 2 rings (SSSR count). The third-order valence-corrected chi connectivity index (χ3v) is 4.53. The van der Waals surface area contributed by atoms with E-state index < -0.39 is 0 Å². The van der Waals surface area contributed by atoms with Gasteiger partial charge in [0.15, 0.2) is 0 Å². The summed E-state index contributed by atoms with van der Waals surface area (Å²) < 4.78 is 3.98. The average Bonchev–Trinajstić information content (AvgIpc) is 2.76. The number of hydrogen-bond acceptors (Lipinski definition) is 2. The predicted molar refractivity (Wildman–Crippen MR) is 85.7 cm³/mol. The zero-order chi connectivity index (χ0) is 14.0. The molecule has 0 fully saturated rings. The maximum atomic E-state index is 6.11. The summed E-state index contributed by atoms with van der Waals surface area (Å²) >= 11 is 13.3. The molecule has 0 aliphatic rings. The van der Waals surface area contributed by atoms with Gasteiger partial charge >= 0.3 is 0 Å². The Balaban J connectivity index is 2.56. The summed E-state index contributed by atoms with van der Waals surface area (Å²) in [5, 5.41) is 8.41. The minimum Gasteiger partial charge on any atom is -0.308 e. The number of aryl methyl sites for hydroxylation is 1. The van der Waals surface area contributed by atoms with E-state index in [2.05, 4.69) is 49.2 Å². The van der Waals surface area contributed by atoms with Crippen molar-refractivity contribution in [1.82, 2.24) is 15.1 Å². The minimum absolute atomic E-state index is 0.0184. The van der Waals surface area contributed by atoms with E-state index in [1.807, 2.05) is 36.1 Å². The number of nitrogens with zero attached hydrogens (tertiary/aromatic N) is 2. The maximum absolute atomic E-state index is 6.11. The fourth-order valence-electron chi connectivity index (χ4n) is 2.09. The first-order valence-corrected chi connectivity index (χ1v) is 7.88. The lowest BCUT2D eigenvalue weighted by Gasteiger charge is -2.20. The van der Waals surface area contributed by atoms with Crippen LogP contribution in [0.25, 0.3) is 0 Å². The van der Waals surface area contributed by atoms with Crippen LogP contribution < -0.4 is 5.32 Å². The third kappa shape index (κ3) is 3.05. The topological polar surface area (TPSA) is 29.9 Å². The van der Waals surface area contributed by atoms with Crippen LogP contribution in [0, 0.1) is 0 Å². The molecule has 19 heavy (non-hydrogen) atoms. The summed E-state index contributed by atoms with van der Waals surface area (Å²) in [5.41, 5.74) is 2.18. The van der Waals surface area contributed by atoms with Crippen molar-refractivity contribution >= 4 is 43.5 Å². The minimum atomic E-state index is 0.0184. The molecule has 0 saturated carbocycles. The van der Waals surface area contributed by atoms with E-state index in [9.17, 15) is 0 Å². The molecule has 1 heterocycles. The van der Waals surface area contributed by atoms with Crippen molar-refractivity contribution in [1.29, 1.82) is 0 Å². The number of hydrogen-bond donors (Lipinski definition) is 1.